The summed E-state index contributed by atoms with van der Waals surface area (Å²) in [4.78, 5) is 33.5. The van der Waals surface area contributed by atoms with Crippen LogP contribution in [-0.2, 0) is 29.2 Å². The van der Waals surface area contributed by atoms with Gasteiger partial charge in [0.25, 0.3) is 0 Å². The lowest BCUT2D eigenvalue weighted by atomic mass is 10.1. The van der Waals surface area contributed by atoms with Gasteiger partial charge >= 0.3 is 5.97 Å². The first kappa shape index (κ1) is 26.3. The summed E-state index contributed by atoms with van der Waals surface area (Å²) in [5.74, 6) is -3.95. The van der Waals surface area contributed by atoms with Crippen molar-refractivity contribution in [1.29, 1.82) is 0 Å². The number of amides is 1. The molecule has 0 radical (unpaired) electrons. The number of carbonyl (C=O) groups is 3. The van der Waals surface area contributed by atoms with Crippen molar-refractivity contribution in [1.82, 2.24) is 5.32 Å². The molecule has 0 aromatic heterocycles. The summed E-state index contributed by atoms with van der Waals surface area (Å²) < 4.78 is 37.1. The number of esters is 1. The van der Waals surface area contributed by atoms with E-state index in [-0.39, 0.29) is 6.61 Å². The van der Waals surface area contributed by atoms with E-state index in [4.69, 9.17) is 4.74 Å². The Morgan fingerprint density at radius 3 is 1.89 bits per heavy atom. The van der Waals surface area contributed by atoms with Gasteiger partial charge in [-0.25, -0.2) is 8.42 Å². The smallest absolute Gasteiger partial charge is 0.325 e. The summed E-state index contributed by atoms with van der Waals surface area (Å²) >= 11 is 0. The van der Waals surface area contributed by atoms with Crippen molar-refractivity contribution in [3.8, 4) is 0 Å². The Labute approximate surface area is 167 Å². The van der Waals surface area contributed by atoms with Crippen LogP contribution in [0.4, 0.5) is 0 Å². The maximum atomic E-state index is 11.5. The highest BCUT2D eigenvalue weighted by atomic mass is 32.2. The first-order valence-electron chi connectivity index (χ1n) is 9.76. The Morgan fingerprint density at radius 2 is 1.43 bits per heavy atom. The molecule has 0 heterocycles. The molecule has 0 fully saturated rings. The van der Waals surface area contributed by atoms with Crippen LogP contribution < -0.4 is 10.4 Å². The minimum absolute atomic E-state index is 0.210. The Hall–Kier alpha value is -1.68. The molecule has 9 nitrogen and oxygen atoms in total. The van der Waals surface area contributed by atoms with Crippen molar-refractivity contribution in [2.75, 3.05) is 13.2 Å². The number of hydrogen-bond donors (Lipinski definition) is 1. The van der Waals surface area contributed by atoms with Crippen molar-refractivity contribution < 1.29 is 37.2 Å². The molecule has 0 bridgehead atoms. The van der Waals surface area contributed by atoms with Gasteiger partial charge in [0.05, 0.1) is 17.8 Å². The van der Waals surface area contributed by atoms with Crippen LogP contribution in [0.3, 0.4) is 0 Å². The van der Waals surface area contributed by atoms with E-state index in [9.17, 15) is 32.5 Å². The minimum atomic E-state index is -5.22. The van der Waals surface area contributed by atoms with Crippen molar-refractivity contribution >= 4 is 28.0 Å². The van der Waals surface area contributed by atoms with Gasteiger partial charge in [0.15, 0.2) is 0 Å². The SMILES string of the molecule is CCCCCCCCCCCCOC(=O)CNC(=O)CC(C(=O)[O-])S(=O)(=O)[O-]. The quantitative estimate of drug-likeness (QED) is 0.204. The highest BCUT2D eigenvalue weighted by molar-refractivity contribution is 7.87. The molecule has 1 amide bonds. The highest BCUT2D eigenvalue weighted by Crippen LogP contribution is 2.10. The molecule has 0 aliphatic carbocycles. The van der Waals surface area contributed by atoms with Gasteiger partial charge in [0.2, 0.25) is 5.91 Å². The molecule has 1 N–H and O–H groups in total. The summed E-state index contributed by atoms with van der Waals surface area (Å²) in [7, 11) is -5.22. The van der Waals surface area contributed by atoms with Gasteiger partial charge in [-0.05, 0) is 6.42 Å². The van der Waals surface area contributed by atoms with Crippen LogP contribution in [-0.4, -0.2) is 49.2 Å². The Kier molecular flexibility index (Phi) is 14.4. The molecule has 0 saturated carbocycles. The van der Waals surface area contributed by atoms with Crippen LogP contribution in [0.1, 0.15) is 77.6 Å². The van der Waals surface area contributed by atoms with Crippen molar-refractivity contribution in [2.45, 2.75) is 82.8 Å². The fourth-order valence-electron chi connectivity index (χ4n) is 2.54. The van der Waals surface area contributed by atoms with Crippen LogP contribution in [0, 0.1) is 0 Å². The fourth-order valence-corrected chi connectivity index (χ4v) is 3.13. The largest absolute Gasteiger partial charge is 0.747 e. The van der Waals surface area contributed by atoms with Crippen molar-refractivity contribution in [3.63, 3.8) is 0 Å². The lowest BCUT2D eigenvalue weighted by Crippen LogP contribution is -2.44. The Morgan fingerprint density at radius 1 is 0.929 bits per heavy atom. The highest BCUT2D eigenvalue weighted by Gasteiger charge is 2.22. The number of carboxylic acid groups (broad SMARTS) is 1. The third-order valence-electron chi connectivity index (χ3n) is 4.17. The average Bonchev–Trinajstić information content (AvgIpc) is 2.61. The molecular weight excluding hydrogens is 390 g/mol. The number of hydrogen-bond acceptors (Lipinski definition) is 8. The molecule has 0 aromatic carbocycles. The molecule has 0 rings (SSSR count). The van der Waals surface area contributed by atoms with Gasteiger partial charge in [-0.1, -0.05) is 64.7 Å². The lowest BCUT2D eigenvalue weighted by molar-refractivity contribution is -0.305. The van der Waals surface area contributed by atoms with Gasteiger partial charge in [-0.2, -0.15) is 0 Å². The van der Waals surface area contributed by atoms with Gasteiger partial charge in [0, 0.05) is 6.42 Å². The zero-order chi connectivity index (χ0) is 21.4. The van der Waals surface area contributed by atoms with Crippen LogP contribution in [0.5, 0.6) is 0 Å². The second-order valence-electron chi connectivity index (χ2n) is 6.68. The molecule has 0 aliphatic rings. The fraction of sp³-hybridized carbons (Fsp3) is 0.833. The normalized spacial score (nSPS) is 12.4. The summed E-state index contributed by atoms with van der Waals surface area (Å²) in [5, 5.41) is 10.1. The van der Waals surface area contributed by atoms with Gasteiger partial charge in [-0.3, -0.25) is 9.59 Å². The third kappa shape index (κ3) is 14.4. The summed E-state index contributed by atoms with van der Waals surface area (Å²) in [5.41, 5.74) is 0. The number of rotatable bonds is 17. The number of unbranched alkanes of at least 4 members (excludes halogenated alkanes) is 9. The van der Waals surface area contributed by atoms with E-state index in [1.165, 1.54) is 38.5 Å². The minimum Gasteiger partial charge on any atom is -0.747 e. The lowest BCUT2D eigenvalue weighted by Gasteiger charge is -2.20. The monoisotopic (exact) mass is 421 g/mol. The van der Waals surface area contributed by atoms with Gasteiger partial charge in [-0.15, -0.1) is 0 Å². The predicted molar refractivity (Wildman–Crippen MR) is 98.9 cm³/mol. The van der Waals surface area contributed by atoms with Crippen molar-refractivity contribution in [3.05, 3.63) is 0 Å². The summed E-state index contributed by atoms with van der Waals surface area (Å²) in [6.07, 6.45) is 10.3. The molecule has 1 unspecified atom stereocenters. The summed E-state index contributed by atoms with van der Waals surface area (Å²) in [6.45, 7) is 1.87. The van der Waals surface area contributed by atoms with E-state index in [1.807, 2.05) is 5.32 Å². The zero-order valence-electron chi connectivity index (χ0n) is 16.4. The predicted octanol–water partition coefficient (Wildman–Crippen LogP) is 0.621. The molecule has 0 aliphatic heterocycles. The number of carbonyl (C=O) groups excluding carboxylic acids is 3. The van der Waals surface area contributed by atoms with Gasteiger partial charge < -0.3 is 24.5 Å². The molecule has 10 heteroatoms. The van der Waals surface area contributed by atoms with Crippen molar-refractivity contribution in [2.24, 2.45) is 0 Å². The third-order valence-corrected chi connectivity index (χ3v) is 5.23. The van der Waals surface area contributed by atoms with E-state index in [0.717, 1.165) is 19.3 Å². The Balaban J connectivity index is 3.72. The maximum Gasteiger partial charge on any atom is 0.325 e. The summed E-state index contributed by atoms with van der Waals surface area (Å²) in [6, 6.07) is 0. The maximum absolute atomic E-state index is 11.5. The average molecular weight is 422 g/mol. The van der Waals surface area contributed by atoms with E-state index < -0.39 is 46.2 Å². The standard InChI is InChI=1S/C18H33NO8S/c1-2-3-4-5-6-7-8-9-10-11-12-27-17(21)14-19-16(20)13-15(18(22)23)28(24,25)26/h15H,2-14H2,1H3,(H,19,20)(H,22,23)(H,24,25,26)/p-2. The first-order chi connectivity index (χ1) is 13.2. The number of nitrogens with one attached hydrogen (secondary N) is 1. The molecular formula is C18H31NO8S-2. The molecule has 28 heavy (non-hydrogen) atoms. The number of carboxylic acids is 1. The molecule has 0 saturated heterocycles. The van der Waals surface area contributed by atoms with E-state index >= 15 is 0 Å². The first-order valence-corrected chi connectivity index (χ1v) is 11.2. The molecule has 0 spiro atoms. The Bertz CT molecular complexity index is 576. The number of aliphatic carboxylic acids is 1. The van der Waals surface area contributed by atoms with Crippen LogP contribution in [0.15, 0.2) is 0 Å². The van der Waals surface area contributed by atoms with Gasteiger partial charge in [0.1, 0.15) is 16.7 Å². The second kappa shape index (κ2) is 15.3. The molecule has 164 valence electrons. The van der Waals surface area contributed by atoms with Crippen LogP contribution in [0.25, 0.3) is 0 Å². The van der Waals surface area contributed by atoms with E-state index in [1.54, 1.807) is 0 Å². The zero-order valence-corrected chi connectivity index (χ0v) is 17.3. The van der Waals surface area contributed by atoms with E-state index in [2.05, 4.69) is 6.92 Å². The topological polar surface area (TPSA) is 153 Å². The second-order valence-corrected chi connectivity index (χ2v) is 8.24. The van der Waals surface area contributed by atoms with E-state index in [0.29, 0.717) is 6.42 Å². The van der Waals surface area contributed by atoms with Crippen LogP contribution in [0.2, 0.25) is 0 Å². The van der Waals surface area contributed by atoms with Crippen LogP contribution >= 0.6 is 0 Å². The molecule has 0 aromatic rings. The number of ether oxygens (including phenoxy) is 1. The molecule has 1 atom stereocenters.